The van der Waals surface area contributed by atoms with E-state index in [4.69, 9.17) is 10.5 Å². The third-order valence-electron chi connectivity index (χ3n) is 3.51. The van der Waals surface area contributed by atoms with E-state index in [2.05, 4.69) is 32.6 Å². The van der Waals surface area contributed by atoms with Crippen LogP contribution in [-0.4, -0.2) is 31.8 Å². The van der Waals surface area contributed by atoms with Gasteiger partial charge in [0, 0.05) is 16.2 Å². The molecule has 19 heavy (non-hydrogen) atoms. The molecule has 0 saturated carbocycles. The van der Waals surface area contributed by atoms with E-state index in [1.54, 1.807) is 0 Å². The molecule has 3 rings (SSSR count). The van der Waals surface area contributed by atoms with Gasteiger partial charge in [0.2, 0.25) is 0 Å². The van der Waals surface area contributed by atoms with Crippen molar-refractivity contribution in [1.82, 2.24) is 14.5 Å². The number of ether oxygens (including phenoxy) is 1. The Morgan fingerprint density at radius 3 is 3.05 bits per heavy atom. The minimum Gasteiger partial charge on any atom is -0.390 e. The van der Waals surface area contributed by atoms with Crippen molar-refractivity contribution in [2.75, 3.05) is 5.73 Å². The van der Waals surface area contributed by atoms with Gasteiger partial charge in [-0.1, -0.05) is 6.92 Å². The third kappa shape index (κ3) is 2.09. The van der Waals surface area contributed by atoms with Crippen molar-refractivity contribution in [2.24, 2.45) is 0 Å². The molecule has 1 saturated heterocycles. The number of halogens is 1. The Bertz CT molecular complexity index is 615. The Balaban J connectivity index is 2.05. The number of hydrogen-bond donors (Lipinski definition) is 2. The van der Waals surface area contributed by atoms with Crippen molar-refractivity contribution in [3.63, 3.8) is 0 Å². The second-order valence-corrected chi connectivity index (χ2v) is 5.84. The summed E-state index contributed by atoms with van der Waals surface area (Å²) in [4.78, 5) is 8.30. The molecule has 1 aliphatic heterocycles. The van der Waals surface area contributed by atoms with E-state index >= 15 is 0 Å². The number of aromatic nitrogens is 3. The highest BCUT2D eigenvalue weighted by atomic mass is 127. The normalized spacial score (nSPS) is 27.2. The smallest absolute Gasteiger partial charge is 0.148 e. The summed E-state index contributed by atoms with van der Waals surface area (Å²) in [7, 11) is 0. The van der Waals surface area contributed by atoms with Crippen molar-refractivity contribution in [2.45, 2.75) is 38.2 Å². The maximum atomic E-state index is 9.96. The summed E-state index contributed by atoms with van der Waals surface area (Å²) in [5.74, 6) is 0.471. The average molecular weight is 374 g/mol. The molecule has 0 amide bonds. The summed E-state index contributed by atoms with van der Waals surface area (Å²) in [6.45, 7) is 2.01. The van der Waals surface area contributed by atoms with Crippen LogP contribution in [0.2, 0.25) is 0 Å². The van der Waals surface area contributed by atoms with Crippen molar-refractivity contribution < 1.29 is 9.84 Å². The van der Waals surface area contributed by atoms with E-state index in [1.165, 1.54) is 6.33 Å². The highest BCUT2D eigenvalue weighted by Gasteiger charge is 2.34. The van der Waals surface area contributed by atoms with Crippen LogP contribution in [-0.2, 0) is 4.74 Å². The van der Waals surface area contributed by atoms with E-state index in [0.717, 1.165) is 21.0 Å². The van der Waals surface area contributed by atoms with Crippen LogP contribution in [0.5, 0.6) is 0 Å². The van der Waals surface area contributed by atoms with Crippen LogP contribution in [0.15, 0.2) is 12.5 Å². The molecule has 3 atom stereocenters. The van der Waals surface area contributed by atoms with E-state index in [-0.39, 0.29) is 12.3 Å². The van der Waals surface area contributed by atoms with Gasteiger partial charge in [-0.25, -0.2) is 9.97 Å². The fourth-order valence-corrected chi connectivity index (χ4v) is 3.35. The molecule has 3 N–H and O–H groups in total. The first kappa shape index (κ1) is 13.1. The lowest BCUT2D eigenvalue weighted by Crippen LogP contribution is -2.19. The molecule has 0 aliphatic carbocycles. The van der Waals surface area contributed by atoms with E-state index < -0.39 is 6.10 Å². The van der Waals surface area contributed by atoms with Gasteiger partial charge in [-0.3, -0.25) is 0 Å². The van der Waals surface area contributed by atoms with Crippen molar-refractivity contribution in [3.8, 4) is 0 Å². The van der Waals surface area contributed by atoms with Crippen LogP contribution in [0.4, 0.5) is 5.82 Å². The quantitative estimate of drug-likeness (QED) is 0.782. The number of nitrogen functional groups attached to an aromatic ring is 1. The van der Waals surface area contributed by atoms with Crippen LogP contribution in [0.1, 0.15) is 26.0 Å². The van der Waals surface area contributed by atoms with Crippen LogP contribution >= 0.6 is 22.6 Å². The van der Waals surface area contributed by atoms with E-state index in [1.807, 2.05) is 17.7 Å². The largest absolute Gasteiger partial charge is 0.390 e. The minimum absolute atomic E-state index is 0.112. The number of fused-ring (bicyclic) bond motifs is 1. The summed E-state index contributed by atoms with van der Waals surface area (Å²) in [6, 6.07) is 0. The first-order valence-corrected chi connectivity index (χ1v) is 7.29. The second kappa shape index (κ2) is 4.88. The highest BCUT2D eigenvalue weighted by molar-refractivity contribution is 14.1. The molecule has 0 aromatic carbocycles. The molecular formula is C12H15IN4O2. The lowest BCUT2D eigenvalue weighted by molar-refractivity contribution is -0.0181. The molecule has 6 nitrogen and oxygen atoms in total. The van der Waals surface area contributed by atoms with Gasteiger partial charge < -0.3 is 20.1 Å². The Labute approximate surface area is 124 Å². The Hall–Kier alpha value is -0.930. The summed E-state index contributed by atoms with van der Waals surface area (Å²) >= 11 is 2.21. The van der Waals surface area contributed by atoms with Gasteiger partial charge in [-0.05, 0) is 29.0 Å². The van der Waals surface area contributed by atoms with E-state index in [9.17, 15) is 5.11 Å². The number of aliphatic hydroxyl groups is 1. The van der Waals surface area contributed by atoms with Crippen molar-refractivity contribution in [1.29, 1.82) is 0 Å². The van der Waals surface area contributed by atoms with Gasteiger partial charge >= 0.3 is 0 Å². The van der Waals surface area contributed by atoms with Gasteiger partial charge in [-0.15, -0.1) is 0 Å². The van der Waals surface area contributed by atoms with Gasteiger partial charge in [-0.2, -0.15) is 0 Å². The fraction of sp³-hybridized carbons (Fsp3) is 0.500. The SMILES string of the molecule is CC[C@H]1O[C@@H](n2cc(I)c3c(N)ncnc32)C[C@@H]1O. The molecule has 0 radical (unpaired) electrons. The molecule has 1 aliphatic rings. The predicted octanol–water partition coefficient (Wildman–Crippen LogP) is 1.68. The zero-order chi connectivity index (χ0) is 13.6. The van der Waals surface area contributed by atoms with Gasteiger partial charge in [0.25, 0.3) is 0 Å². The molecule has 2 aromatic rings. The molecule has 7 heteroatoms. The summed E-state index contributed by atoms with van der Waals surface area (Å²) < 4.78 is 8.81. The maximum Gasteiger partial charge on any atom is 0.148 e. The van der Waals surface area contributed by atoms with Crippen LogP contribution in [0.3, 0.4) is 0 Å². The summed E-state index contributed by atoms with van der Waals surface area (Å²) in [5, 5.41) is 10.8. The lowest BCUT2D eigenvalue weighted by atomic mass is 10.1. The summed E-state index contributed by atoms with van der Waals surface area (Å²) in [6.07, 6.45) is 4.04. The molecule has 102 valence electrons. The number of anilines is 1. The second-order valence-electron chi connectivity index (χ2n) is 4.68. The molecule has 3 heterocycles. The van der Waals surface area contributed by atoms with Gasteiger partial charge in [0.05, 0.1) is 17.6 Å². The Kier molecular flexibility index (Phi) is 3.35. The first-order valence-electron chi connectivity index (χ1n) is 6.21. The Morgan fingerprint density at radius 1 is 1.58 bits per heavy atom. The molecule has 0 bridgehead atoms. The third-order valence-corrected chi connectivity index (χ3v) is 4.33. The topological polar surface area (TPSA) is 86.2 Å². The monoisotopic (exact) mass is 374 g/mol. The van der Waals surface area contributed by atoms with Crippen LogP contribution in [0, 0.1) is 3.57 Å². The fourth-order valence-electron chi connectivity index (χ4n) is 2.54. The zero-order valence-electron chi connectivity index (χ0n) is 10.5. The maximum absolute atomic E-state index is 9.96. The van der Waals surface area contributed by atoms with Gasteiger partial charge in [0.15, 0.2) is 0 Å². The predicted molar refractivity (Wildman–Crippen MR) is 79.5 cm³/mol. The van der Waals surface area contributed by atoms with Crippen LogP contribution in [0.25, 0.3) is 11.0 Å². The highest BCUT2D eigenvalue weighted by Crippen LogP contribution is 2.35. The lowest BCUT2D eigenvalue weighted by Gasteiger charge is -2.14. The molecular weight excluding hydrogens is 359 g/mol. The minimum atomic E-state index is -0.427. The zero-order valence-corrected chi connectivity index (χ0v) is 12.6. The van der Waals surface area contributed by atoms with Crippen LogP contribution < -0.4 is 5.73 Å². The summed E-state index contributed by atoms with van der Waals surface area (Å²) in [5.41, 5.74) is 6.65. The number of hydrogen-bond acceptors (Lipinski definition) is 5. The van der Waals surface area contributed by atoms with Crippen molar-refractivity contribution in [3.05, 3.63) is 16.1 Å². The molecule has 0 spiro atoms. The standard InChI is InChI=1S/C12H15IN4O2/c1-2-8-7(18)3-9(19-8)17-4-6(13)10-11(14)15-5-16-12(10)17/h4-5,7-9,18H,2-3H2,1H3,(H2,14,15,16)/t7-,8+,9+/m0/s1. The Morgan fingerprint density at radius 2 is 2.37 bits per heavy atom. The molecule has 1 fully saturated rings. The van der Waals surface area contributed by atoms with Crippen molar-refractivity contribution >= 4 is 39.4 Å². The first-order chi connectivity index (χ1) is 9.11. The number of nitrogens with two attached hydrogens (primary N) is 1. The van der Waals surface area contributed by atoms with Gasteiger partial charge in [0.1, 0.15) is 24.0 Å². The van der Waals surface area contributed by atoms with E-state index in [0.29, 0.717) is 12.2 Å². The number of rotatable bonds is 2. The molecule has 2 aromatic heterocycles. The average Bonchev–Trinajstić information content (AvgIpc) is 2.91. The number of nitrogens with zero attached hydrogens (tertiary/aromatic N) is 3. The number of aliphatic hydroxyl groups excluding tert-OH is 1. The molecule has 0 unspecified atom stereocenters.